The van der Waals surface area contributed by atoms with E-state index in [1.54, 1.807) is 24.3 Å². The average molecular weight is 293 g/mol. The molecule has 5 nitrogen and oxygen atoms in total. The predicted octanol–water partition coefficient (Wildman–Crippen LogP) is 2.35. The molecule has 22 heavy (non-hydrogen) atoms. The van der Waals surface area contributed by atoms with Crippen molar-refractivity contribution in [3.05, 3.63) is 71.9 Å². The Labute approximate surface area is 127 Å². The van der Waals surface area contributed by atoms with Gasteiger partial charge in [-0.25, -0.2) is 5.43 Å². The van der Waals surface area contributed by atoms with Gasteiger partial charge in [0, 0.05) is 10.9 Å². The van der Waals surface area contributed by atoms with Crippen molar-refractivity contribution in [2.24, 2.45) is 5.10 Å². The number of nitrogens with one attached hydrogen (secondary N) is 2. The van der Waals surface area contributed by atoms with Gasteiger partial charge in [-0.15, -0.1) is 0 Å². The molecule has 0 aliphatic carbocycles. The van der Waals surface area contributed by atoms with E-state index in [0.29, 0.717) is 5.56 Å². The van der Waals surface area contributed by atoms with Crippen LogP contribution in [0.2, 0.25) is 0 Å². The third-order valence-electron chi connectivity index (χ3n) is 3.29. The number of rotatable bonds is 4. The van der Waals surface area contributed by atoms with E-state index in [4.69, 9.17) is 0 Å². The number of nitrogens with zero attached hydrogens (tertiary/aromatic N) is 1. The lowest BCUT2D eigenvalue weighted by Gasteiger charge is -2.08. The number of carbonyl (C=O) groups is 1. The van der Waals surface area contributed by atoms with Crippen molar-refractivity contribution in [2.75, 3.05) is 0 Å². The summed E-state index contributed by atoms with van der Waals surface area (Å²) in [6.45, 7) is 0. The van der Waals surface area contributed by atoms with Crippen LogP contribution in [-0.2, 0) is 4.79 Å². The molecule has 1 unspecified atom stereocenters. The number of aliphatic hydroxyl groups is 1. The molecule has 0 aliphatic heterocycles. The third-order valence-corrected chi connectivity index (χ3v) is 3.29. The van der Waals surface area contributed by atoms with E-state index < -0.39 is 12.0 Å². The first-order valence-corrected chi connectivity index (χ1v) is 6.88. The third kappa shape index (κ3) is 3.05. The van der Waals surface area contributed by atoms with Crippen molar-refractivity contribution in [1.82, 2.24) is 10.4 Å². The molecule has 1 aromatic heterocycles. The lowest BCUT2D eigenvalue weighted by atomic mass is 10.1. The van der Waals surface area contributed by atoms with Gasteiger partial charge in [-0.3, -0.25) is 4.79 Å². The van der Waals surface area contributed by atoms with Gasteiger partial charge in [0.2, 0.25) is 0 Å². The maximum Gasteiger partial charge on any atom is 0.273 e. The highest BCUT2D eigenvalue weighted by molar-refractivity contribution is 5.90. The van der Waals surface area contributed by atoms with Gasteiger partial charge < -0.3 is 10.1 Å². The molecule has 3 aromatic rings. The molecule has 0 saturated heterocycles. The number of aromatic nitrogens is 1. The Hall–Kier alpha value is -2.92. The number of para-hydroxylation sites is 1. The summed E-state index contributed by atoms with van der Waals surface area (Å²) in [6.07, 6.45) is 0.274. The number of hydrogen-bond donors (Lipinski definition) is 3. The summed E-state index contributed by atoms with van der Waals surface area (Å²) in [4.78, 5) is 15.0. The van der Waals surface area contributed by atoms with Crippen LogP contribution >= 0.6 is 0 Å². The standard InChI is InChI=1S/C17H15N3O2/c21-16(12-6-2-1-3-7-12)17(22)20-18-11-14-10-13-8-4-5-9-15(13)19-14/h1-11,16,19,21H,(H,20,22)/b18-11+. The van der Waals surface area contributed by atoms with E-state index >= 15 is 0 Å². The Kier molecular flexibility index (Phi) is 3.98. The Morgan fingerprint density at radius 1 is 1.14 bits per heavy atom. The number of amides is 1. The number of hydrazone groups is 1. The fourth-order valence-corrected chi connectivity index (χ4v) is 2.18. The van der Waals surface area contributed by atoms with Crippen molar-refractivity contribution < 1.29 is 9.90 Å². The Morgan fingerprint density at radius 2 is 1.86 bits per heavy atom. The fraction of sp³-hybridized carbons (Fsp3) is 0.0588. The Morgan fingerprint density at radius 3 is 2.64 bits per heavy atom. The lowest BCUT2D eigenvalue weighted by Crippen LogP contribution is -2.25. The summed E-state index contributed by atoms with van der Waals surface area (Å²) in [5.41, 5.74) is 4.64. The molecule has 0 saturated carbocycles. The molecule has 3 rings (SSSR count). The zero-order chi connectivity index (χ0) is 15.4. The topological polar surface area (TPSA) is 77.5 Å². The minimum absolute atomic E-state index is 0.529. The molecule has 0 fully saturated rings. The van der Waals surface area contributed by atoms with Crippen LogP contribution in [0.3, 0.4) is 0 Å². The maximum atomic E-state index is 11.8. The van der Waals surface area contributed by atoms with Gasteiger partial charge >= 0.3 is 0 Å². The number of aliphatic hydroxyl groups excluding tert-OH is 1. The quantitative estimate of drug-likeness (QED) is 0.510. The summed E-state index contributed by atoms with van der Waals surface area (Å²) >= 11 is 0. The van der Waals surface area contributed by atoms with Gasteiger partial charge in [0.1, 0.15) is 0 Å². The zero-order valence-electron chi connectivity index (χ0n) is 11.7. The van der Waals surface area contributed by atoms with Crippen LogP contribution in [0.25, 0.3) is 10.9 Å². The van der Waals surface area contributed by atoms with E-state index in [1.165, 1.54) is 6.21 Å². The van der Waals surface area contributed by atoms with Crippen molar-refractivity contribution in [1.29, 1.82) is 0 Å². The molecule has 0 spiro atoms. The molecule has 1 atom stereocenters. The van der Waals surface area contributed by atoms with Crippen molar-refractivity contribution in [2.45, 2.75) is 6.10 Å². The van der Waals surface area contributed by atoms with Gasteiger partial charge in [0.25, 0.3) is 5.91 Å². The largest absolute Gasteiger partial charge is 0.378 e. The minimum Gasteiger partial charge on any atom is -0.378 e. The van der Waals surface area contributed by atoms with E-state index in [-0.39, 0.29) is 0 Å². The molecular formula is C17H15N3O2. The second-order valence-electron chi connectivity index (χ2n) is 4.86. The molecule has 1 heterocycles. The van der Waals surface area contributed by atoms with Gasteiger partial charge in [-0.05, 0) is 17.7 Å². The van der Waals surface area contributed by atoms with E-state index in [1.807, 2.05) is 36.4 Å². The zero-order valence-corrected chi connectivity index (χ0v) is 11.7. The first kappa shape index (κ1) is 14.0. The number of carbonyl (C=O) groups excluding carboxylic acids is 1. The molecule has 0 aliphatic rings. The summed E-state index contributed by atoms with van der Waals surface area (Å²) in [6, 6.07) is 18.5. The van der Waals surface area contributed by atoms with Crippen LogP contribution in [0.5, 0.6) is 0 Å². The van der Waals surface area contributed by atoms with Gasteiger partial charge in [0.05, 0.1) is 11.9 Å². The SMILES string of the molecule is O=C(N/N=C/c1cc2ccccc2[nH]1)C(O)c1ccccc1. The number of H-pyrrole nitrogens is 1. The summed E-state index contributed by atoms with van der Waals surface area (Å²) < 4.78 is 0. The molecule has 5 heteroatoms. The highest BCUT2D eigenvalue weighted by Crippen LogP contribution is 2.13. The molecular weight excluding hydrogens is 278 g/mol. The first-order valence-electron chi connectivity index (χ1n) is 6.88. The molecule has 110 valence electrons. The second-order valence-corrected chi connectivity index (χ2v) is 4.86. The number of benzene rings is 2. The Balaban J connectivity index is 1.65. The normalized spacial score (nSPS) is 12.6. The lowest BCUT2D eigenvalue weighted by molar-refractivity contribution is -0.129. The first-order chi connectivity index (χ1) is 10.7. The maximum absolute atomic E-state index is 11.8. The van der Waals surface area contributed by atoms with Crippen molar-refractivity contribution in [3.8, 4) is 0 Å². The summed E-state index contributed by atoms with van der Waals surface area (Å²) in [5, 5.41) is 14.8. The van der Waals surface area contributed by atoms with Gasteiger partial charge in [-0.2, -0.15) is 5.10 Å². The average Bonchev–Trinajstić information content (AvgIpc) is 2.97. The van der Waals surface area contributed by atoms with Crippen molar-refractivity contribution >= 4 is 23.0 Å². The van der Waals surface area contributed by atoms with Crippen LogP contribution in [-0.4, -0.2) is 22.2 Å². The van der Waals surface area contributed by atoms with Crippen LogP contribution in [0, 0.1) is 0 Å². The summed E-state index contributed by atoms with van der Waals surface area (Å²) in [5.74, 6) is -0.571. The second kappa shape index (κ2) is 6.24. The summed E-state index contributed by atoms with van der Waals surface area (Å²) in [7, 11) is 0. The number of fused-ring (bicyclic) bond motifs is 1. The molecule has 0 bridgehead atoms. The highest BCUT2D eigenvalue weighted by atomic mass is 16.3. The number of aromatic amines is 1. The highest BCUT2D eigenvalue weighted by Gasteiger charge is 2.15. The molecule has 3 N–H and O–H groups in total. The van der Waals surface area contributed by atoms with Crippen LogP contribution in [0.15, 0.2) is 65.8 Å². The Bertz CT molecular complexity index is 776. The molecule has 0 radical (unpaired) electrons. The van der Waals surface area contributed by atoms with Crippen LogP contribution < -0.4 is 5.43 Å². The van der Waals surface area contributed by atoms with E-state index in [9.17, 15) is 9.90 Å². The van der Waals surface area contributed by atoms with Crippen LogP contribution in [0.1, 0.15) is 17.4 Å². The molecule has 1 amide bonds. The van der Waals surface area contributed by atoms with E-state index in [0.717, 1.165) is 16.6 Å². The minimum atomic E-state index is -1.24. The van der Waals surface area contributed by atoms with Crippen molar-refractivity contribution in [3.63, 3.8) is 0 Å². The van der Waals surface area contributed by atoms with E-state index in [2.05, 4.69) is 15.5 Å². The number of hydrogen-bond acceptors (Lipinski definition) is 3. The van der Waals surface area contributed by atoms with Gasteiger partial charge in [-0.1, -0.05) is 48.5 Å². The van der Waals surface area contributed by atoms with Crippen LogP contribution in [0.4, 0.5) is 0 Å². The molecule has 2 aromatic carbocycles. The smallest absolute Gasteiger partial charge is 0.273 e. The monoisotopic (exact) mass is 293 g/mol. The van der Waals surface area contributed by atoms with Gasteiger partial charge in [0.15, 0.2) is 6.10 Å². The fourth-order valence-electron chi connectivity index (χ4n) is 2.18. The predicted molar refractivity (Wildman–Crippen MR) is 85.4 cm³/mol.